The Labute approximate surface area is 167 Å². The number of carbonyl (C=O) groups excluding carboxylic acids is 1. The number of aromatic nitrogens is 1. The number of piperidine rings is 2. The van der Waals surface area contributed by atoms with Crippen LogP contribution in [-0.2, 0) is 9.47 Å². The average Bonchev–Trinajstić information content (AvgIpc) is 2.79. The van der Waals surface area contributed by atoms with Gasteiger partial charge in [-0.2, -0.15) is 0 Å². The van der Waals surface area contributed by atoms with Gasteiger partial charge < -0.3 is 19.3 Å². The minimum absolute atomic E-state index is 0.105. The fraction of sp³-hybridized carbons (Fsp3) is 0.714. The van der Waals surface area contributed by atoms with Gasteiger partial charge in [0.15, 0.2) is 0 Å². The van der Waals surface area contributed by atoms with E-state index < -0.39 is 0 Å². The molecule has 7 nitrogen and oxygen atoms in total. The van der Waals surface area contributed by atoms with Gasteiger partial charge in [-0.1, -0.05) is 0 Å². The fourth-order valence-electron chi connectivity index (χ4n) is 4.60. The number of anilines is 1. The Morgan fingerprint density at radius 3 is 2.57 bits per heavy atom. The largest absolute Gasteiger partial charge is 0.380 e. The number of carbonyl (C=O) groups is 1. The SMILES string of the molecule is CO[C@H]1CCCN(c2ccc(C(=O)N3CCC(N4CCOCC4)CC3)cn2)C1. The van der Waals surface area contributed by atoms with Crippen molar-refractivity contribution in [2.24, 2.45) is 0 Å². The number of methoxy groups -OCH3 is 1. The van der Waals surface area contributed by atoms with Crippen molar-refractivity contribution in [2.45, 2.75) is 37.8 Å². The molecule has 3 aliphatic rings. The van der Waals surface area contributed by atoms with Gasteiger partial charge in [0.25, 0.3) is 5.91 Å². The number of pyridine rings is 1. The first-order chi connectivity index (χ1) is 13.7. The van der Waals surface area contributed by atoms with E-state index in [1.54, 1.807) is 13.3 Å². The first-order valence-corrected chi connectivity index (χ1v) is 10.6. The first-order valence-electron chi connectivity index (χ1n) is 10.6. The second kappa shape index (κ2) is 9.20. The summed E-state index contributed by atoms with van der Waals surface area (Å²) in [6.07, 6.45) is 6.31. The zero-order valence-corrected chi connectivity index (χ0v) is 16.9. The molecule has 0 aromatic carbocycles. The van der Waals surface area contributed by atoms with Gasteiger partial charge in [-0.25, -0.2) is 4.98 Å². The van der Waals surface area contributed by atoms with E-state index in [1.165, 1.54) is 0 Å². The van der Waals surface area contributed by atoms with Crippen LogP contribution >= 0.6 is 0 Å². The molecule has 1 aromatic heterocycles. The van der Waals surface area contributed by atoms with Crippen LogP contribution in [0.2, 0.25) is 0 Å². The maximum atomic E-state index is 12.9. The minimum atomic E-state index is 0.105. The molecule has 4 heterocycles. The Morgan fingerprint density at radius 1 is 1.11 bits per heavy atom. The molecule has 1 atom stereocenters. The van der Waals surface area contributed by atoms with E-state index in [2.05, 4.69) is 14.8 Å². The van der Waals surface area contributed by atoms with Crippen LogP contribution < -0.4 is 4.90 Å². The van der Waals surface area contributed by atoms with Crippen LogP contribution in [0.15, 0.2) is 18.3 Å². The molecule has 154 valence electrons. The highest BCUT2D eigenvalue weighted by atomic mass is 16.5. The maximum absolute atomic E-state index is 12.9. The second-order valence-electron chi connectivity index (χ2n) is 8.02. The molecule has 7 heteroatoms. The molecule has 3 fully saturated rings. The van der Waals surface area contributed by atoms with Crippen molar-refractivity contribution in [1.29, 1.82) is 0 Å². The standard InChI is InChI=1S/C21H32N4O3/c1-27-19-3-2-8-25(16-19)20-5-4-17(15-22-20)21(26)24-9-6-18(7-10-24)23-11-13-28-14-12-23/h4-5,15,18-19H,2-3,6-14,16H2,1H3/t19-/m0/s1. The average molecular weight is 389 g/mol. The predicted molar refractivity (Wildman–Crippen MR) is 108 cm³/mol. The van der Waals surface area contributed by atoms with Crippen LogP contribution in [0.5, 0.6) is 0 Å². The third-order valence-corrected chi connectivity index (χ3v) is 6.34. The monoisotopic (exact) mass is 388 g/mol. The van der Waals surface area contributed by atoms with Gasteiger partial charge in [-0.05, 0) is 37.8 Å². The number of hydrogen-bond acceptors (Lipinski definition) is 6. The van der Waals surface area contributed by atoms with Crippen molar-refractivity contribution < 1.29 is 14.3 Å². The van der Waals surface area contributed by atoms with Crippen molar-refractivity contribution in [3.63, 3.8) is 0 Å². The fourth-order valence-corrected chi connectivity index (χ4v) is 4.60. The molecular formula is C21H32N4O3. The zero-order chi connectivity index (χ0) is 19.3. The quantitative estimate of drug-likeness (QED) is 0.782. The van der Waals surface area contributed by atoms with Gasteiger partial charge in [-0.3, -0.25) is 9.69 Å². The van der Waals surface area contributed by atoms with E-state index in [9.17, 15) is 4.79 Å². The summed E-state index contributed by atoms with van der Waals surface area (Å²) in [5.74, 6) is 1.04. The Morgan fingerprint density at radius 2 is 1.89 bits per heavy atom. The van der Waals surface area contributed by atoms with Crippen molar-refractivity contribution >= 4 is 11.7 Å². The van der Waals surface area contributed by atoms with Crippen LogP contribution in [0.1, 0.15) is 36.0 Å². The van der Waals surface area contributed by atoms with E-state index >= 15 is 0 Å². The molecule has 0 spiro atoms. The third kappa shape index (κ3) is 4.47. The van der Waals surface area contributed by atoms with E-state index in [0.717, 1.165) is 84.0 Å². The van der Waals surface area contributed by atoms with E-state index in [0.29, 0.717) is 11.6 Å². The molecule has 28 heavy (non-hydrogen) atoms. The summed E-state index contributed by atoms with van der Waals surface area (Å²) in [6, 6.07) is 4.49. The Balaban J connectivity index is 1.31. The number of nitrogens with zero attached hydrogens (tertiary/aromatic N) is 4. The summed E-state index contributed by atoms with van der Waals surface area (Å²) >= 11 is 0. The van der Waals surface area contributed by atoms with Gasteiger partial charge >= 0.3 is 0 Å². The Hall–Kier alpha value is -1.70. The van der Waals surface area contributed by atoms with E-state index in [-0.39, 0.29) is 12.0 Å². The van der Waals surface area contributed by atoms with Crippen LogP contribution in [0, 0.1) is 0 Å². The lowest BCUT2D eigenvalue weighted by Crippen LogP contribution is -2.50. The van der Waals surface area contributed by atoms with Gasteiger partial charge in [-0.15, -0.1) is 0 Å². The van der Waals surface area contributed by atoms with Gasteiger partial charge in [0.1, 0.15) is 5.82 Å². The van der Waals surface area contributed by atoms with Crippen molar-refractivity contribution in [1.82, 2.24) is 14.8 Å². The maximum Gasteiger partial charge on any atom is 0.255 e. The summed E-state index contributed by atoms with van der Waals surface area (Å²) in [7, 11) is 1.77. The molecular weight excluding hydrogens is 356 g/mol. The van der Waals surface area contributed by atoms with E-state index in [4.69, 9.17) is 9.47 Å². The molecule has 0 unspecified atom stereocenters. The highest BCUT2D eigenvalue weighted by Crippen LogP contribution is 2.22. The molecule has 4 rings (SSSR count). The first kappa shape index (κ1) is 19.6. The summed E-state index contributed by atoms with van der Waals surface area (Å²) < 4.78 is 10.9. The lowest BCUT2D eigenvalue weighted by Gasteiger charge is -2.40. The van der Waals surface area contributed by atoms with Crippen LogP contribution in [0.3, 0.4) is 0 Å². The number of morpholine rings is 1. The number of likely N-dealkylation sites (tertiary alicyclic amines) is 1. The number of amides is 1. The molecule has 3 saturated heterocycles. The number of ether oxygens (including phenoxy) is 2. The number of hydrogen-bond donors (Lipinski definition) is 0. The van der Waals surface area contributed by atoms with Gasteiger partial charge in [0, 0.05) is 58.6 Å². The molecule has 1 aromatic rings. The molecule has 0 N–H and O–H groups in total. The summed E-state index contributed by atoms with van der Waals surface area (Å²) in [6.45, 7) is 7.21. The van der Waals surface area contributed by atoms with Crippen molar-refractivity contribution in [3.8, 4) is 0 Å². The van der Waals surface area contributed by atoms with Gasteiger partial charge in [0.05, 0.1) is 24.9 Å². The molecule has 0 radical (unpaired) electrons. The topological polar surface area (TPSA) is 58.1 Å². The third-order valence-electron chi connectivity index (χ3n) is 6.34. The lowest BCUT2D eigenvalue weighted by atomic mass is 10.0. The number of rotatable bonds is 4. The van der Waals surface area contributed by atoms with Crippen LogP contribution in [-0.4, -0.2) is 92.4 Å². The smallest absolute Gasteiger partial charge is 0.255 e. The normalized spacial score (nSPS) is 25.1. The van der Waals surface area contributed by atoms with Gasteiger partial charge in [0.2, 0.25) is 0 Å². The van der Waals surface area contributed by atoms with Crippen LogP contribution in [0.25, 0.3) is 0 Å². The lowest BCUT2D eigenvalue weighted by molar-refractivity contribution is 0.00158. The molecule has 0 saturated carbocycles. The Bertz CT molecular complexity index is 640. The summed E-state index contributed by atoms with van der Waals surface area (Å²) in [4.78, 5) is 24.2. The molecule has 3 aliphatic heterocycles. The highest BCUT2D eigenvalue weighted by Gasteiger charge is 2.28. The molecule has 0 aliphatic carbocycles. The summed E-state index contributed by atoms with van der Waals surface area (Å²) in [5, 5.41) is 0. The predicted octanol–water partition coefficient (Wildman–Crippen LogP) is 1.63. The Kier molecular flexibility index (Phi) is 6.44. The van der Waals surface area contributed by atoms with Crippen molar-refractivity contribution in [3.05, 3.63) is 23.9 Å². The summed E-state index contributed by atoms with van der Waals surface area (Å²) in [5.41, 5.74) is 0.689. The highest BCUT2D eigenvalue weighted by molar-refractivity contribution is 5.94. The minimum Gasteiger partial charge on any atom is -0.380 e. The van der Waals surface area contributed by atoms with Crippen molar-refractivity contribution in [2.75, 3.05) is 64.5 Å². The second-order valence-corrected chi connectivity index (χ2v) is 8.02. The molecule has 0 bridgehead atoms. The molecule has 1 amide bonds. The van der Waals surface area contributed by atoms with E-state index in [1.807, 2.05) is 17.0 Å². The van der Waals surface area contributed by atoms with Crippen LogP contribution in [0.4, 0.5) is 5.82 Å². The zero-order valence-electron chi connectivity index (χ0n) is 16.9.